The molecule has 0 aliphatic heterocycles. The number of benzene rings is 2. The standard InChI is InChI=1S/C21H20N4O3S/c1-25(21-22-12-7-13-23-21)14-20(27)28-15-19(26)24-17-10-5-6-11-18(17)29-16-8-3-2-4-9-16/h2-13H,14-15H2,1H3,(H,24,26). The van der Waals surface area contributed by atoms with Crippen molar-refractivity contribution in [2.45, 2.75) is 9.79 Å². The van der Waals surface area contributed by atoms with Crippen molar-refractivity contribution in [1.29, 1.82) is 0 Å². The van der Waals surface area contributed by atoms with Crippen LogP contribution in [0.25, 0.3) is 0 Å². The highest BCUT2D eigenvalue weighted by atomic mass is 32.2. The molecule has 29 heavy (non-hydrogen) atoms. The molecule has 148 valence electrons. The molecule has 0 saturated carbocycles. The lowest BCUT2D eigenvalue weighted by Gasteiger charge is -2.15. The highest BCUT2D eigenvalue weighted by Gasteiger charge is 2.13. The Kier molecular flexibility index (Phi) is 7.18. The smallest absolute Gasteiger partial charge is 0.326 e. The van der Waals surface area contributed by atoms with Gasteiger partial charge in [-0.15, -0.1) is 0 Å². The van der Waals surface area contributed by atoms with Gasteiger partial charge in [-0.3, -0.25) is 9.59 Å². The van der Waals surface area contributed by atoms with Crippen molar-refractivity contribution in [1.82, 2.24) is 9.97 Å². The normalized spacial score (nSPS) is 10.2. The summed E-state index contributed by atoms with van der Waals surface area (Å²) in [4.78, 5) is 35.8. The predicted molar refractivity (Wildman–Crippen MR) is 112 cm³/mol. The number of aromatic nitrogens is 2. The quantitative estimate of drug-likeness (QED) is 0.573. The van der Waals surface area contributed by atoms with Crippen molar-refractivity contribution in [2.24, 2.45) is 0 Å². The van der Waals surface area contributed by atoms with Crippen molar-refractivity contribution in [3.05, 3.63) is 73.1 Å². The summed E-state index contributed by atoms with van der Waals surface area (Å²) in [7, 11) is 1.67. The Hall–Kier alpha value is -3.39. The zero-order valence-electron chi connectivity index (χ0n) is 15.8. The van der Waals surface area contributed by atoms with Gasteiger partial charge in [0.15, 0.2) is 6.61 Å². The minimum Gasteiger partial charge on any atom is -0.454 e. The Morgan fingerprint density at radius 3 is 2.45 bits per heavy atom. The van der Waals surface area contributed by atoms with E-state index in [4.69, 9.17) is 4.74 Å². The summed E-state index contributed by atoms with van der Waals surface area (Å²) >= 11 is 1.54. The number of nitrogens with one attached hydrogen (secondary N) is 1. The zero-order valence-corrected chi connectivity index (χ0v) is 16.6. The lowest BCUT2D eigenvalue weighted by Crippen LogP contribution is -2.30. The third-order valence-corrected chi connectivity index (χ3v) is 4.84. The molecule has 0 spiro atoms. The minimum absolute atomic E-state index is 0.0578. The topological polar surface area (TPSA) is 84.4 Å². The molecule has 3 rings (SSSR count). The number of nitrogens with zero attached hydrogens (tertiary/aromatic N) is 3. The average molecular weight is 408 g/mol. The van der Waals surface area contributed by atoms with Crippen LogP contribution in [0.3, 0.4) is 0 Å². The van der Waals surface area contributed by atoms with Crippen LogP contribution in [0.1, 0.15) is 0 Å². The number of hydrogen-bond donors (Lipinski definition) is 1. The Labute approximate surface area is 173 Å². The molecular weight excluding hydrogens is 388 g/mol. The third kappa shape index (κ3) is 6.32. The van der Waals surface area contributed by atoms with Crippen LogP contribution in [-0.4, -0.2) is 42.0 Å². The molecule has 0 aliphatic carbocycles. The van der Waals surface area contributed by atoms with Gasteiger partial charge in [-0.2, -0.15) is 0 Å². The number of likely N-dealkylation sites (N-methyl/N-ethyl adjacent to an activating group) is 1. The van der Waals surface area contributed by atoms with E-state index in [1.807, 2.05) is 54.6 Å². The van der Waals surface area contributed by atoms with Crippen molar-refractivity contribution in [3.8, 4) is 0 Å². The summed E-state index contributed by atoms with van der Waals surface area (Å²) in [6.45, 7) is -0.426. The largest absolute Gasteiger partial charge is 0.454 e. The number of carbonyl (C=O) groups is 2. The van der Waals surface area contributed by atoms with Crippen molar-refractivity contribution < 1.29 is 14.3 Å². The highest BCUT2D eigenvalue weighted by Crippen LogP contribution is 2.33. The second-order valence-electron chi connectivity index (χ2n) is 6.02. The SMILES string of the molecule is CN(CC(=O)OCC(=O)Nc1ccccc1Sc1ccccc1)c1ncccn1. The first-order valence-electron chi connectivity index (χ1n) is 8.87. The van der Waals surface area contributed by atoms with E-state index in [0.717, 1.165) is 9.79 Å². The van der Waals surface area contributed by atoms with Gasteiger partial charge in [-0.25, -0.2) is 9.97 Å². The molecule has 0 fully saturated rings. The summed E-state index contributed by atoms with van der Waals surface area (Å²) < 4.78 is 5.07. The lowest BCUT2D eigenvalue weighted by molar-refractivity contribution is -0.145. The van der Waals surface area contributed by atoms with Gasteiger partial charge in [0.1, 0.15) is 6.54 Å². The molecule has 0 bridgehead atoms. The monoisotopic (exact) mass is 408 g/mol. The first-order valence-corrected chi connectivity index (χ1v) is 9.69. The fraction of sp³-hybridized carbons (Fsp3) is 0.143. The lowest BCUT2D eigenvalue weighted by atomic mass is 10.3. The molecule has 1 N–H and O–H groups in total. The van der Waals surface area contributed by atoms with Gasteiger partial charge in [0.05, 0.1) is 5.69 Å². The molecule has 7 nitrogen and oxygen atoms in total. The number of para-hydroxylation sites is 1. The van der Waals surface area contributed by atoms with E-state index in [1.165, 1.54) is 0 Å². The van der Waals surface area contributed by atoms with Crippen molar-refractivity contribution >= 4 is 35.3 Å². The van der Waals surface area contributed by atoms with Gasteiger partial charge >= 0.3 is 5.97 Å². The van der Waals surface area contributed by atoms with E-state index in [9.17, 15) is 9.59 Å². The van der Waals surface area contributed by atoms with Crippen LogP contribution in [0.5, 0.6) is 0 Å². The highest BCUT2D eigenvalue weighted by molar-refractivity contribution is 7.99. The summed E-state index contributed by atoms with van der Waals surface area (Å²) in [5, 5.41) is 2.80. The summed E-state index contributed by atoms with van der Waals surface area (Å²) in [5.41, 5.74) is 0.664. The first kappa shape index (κ1) is 20.3. The first-order chi connectivity index (χ1) is 14.1. The molecular formula is C21H20N4O3S. The molecule has 1 aromatic heterocycles. The average Bonchev–Trinajstić information content (AvgIpc) is 2.75. The molecule has 0 aliphatic rings. The van der Waals surface area contributed by atoms with Crippen molar-refractivity contribution in [2.75, 3.05) is 30.4 Å². The van der Waals surface area contributed by atoms with Gasteiger partial charge in [-0.1, -0.05) is 42.1 Å². The van der Waals surface area contributed by atoms with Gasteiger partial charge in [-0.05, 0) is 30.3 Å². The Bertz CT molecular complexity index is 954. The van der Waals surface area contributed by atoms with Gasteiger partial charge in [0.25, 0.3) is 5.91 Å². The number of hydrogen-bond acceptors (Lipinski definition) is 7. The number of anilines is 2. The minimum atomic E-state index is -0.540. The van der Waals surface area contributed by atoms with Crippen LogP contribution in [-0.2, 0) is 14.3 Å². The van der Waals surface area contributed by atoms with Gasteiger partial charge in [0, 0.05) is 29.2 Å². The number of amides is 1. The molecule has 0 unspecified atom stereocenters. The van der Waals surface area contributed by atoms with E-state index >= 15 is 0 Å². The summed E-state index contributed by atoms with van der Waals surface area (Å²) in [6, 6.07) is 19.0. The molecule has 2 aromatic carbocycles. The second kappa shape index (κ2) is 10.2. The maximum atomic E-state index is 12.2. The summed E-state index contributed by atoms with van der Waals surface area (Å²) in [6.07, 6.45) is 3.17. The van der Waals surface area contributed by atoms with E-state index in [2.05, 4.69) is 15.3 Å². The zero-order chi connectivity index (χ0) is 20.5. The van der Waals surface area contributed by atoms with Crippen LogP contribution < -0.4 is 10.2 Å². The maximum absolute atomic E-state index is 12.2. The van der Waals surface area contributed by atoms with Crippen molar-refractivity contribution in [3.63, 3.8) is 0 Å². The Balaban J connectivity index is 1.51. The van der Waals surface area contributed by atoms with Crippen LogP contribution in [0.2, 0.25) is 0 Å². The Morgan fingerprint density at radius 2 is 1.69 bits per heavy atom. The Morgan fingerprint density at radius 1 is 1.00 bits per heavy atom. The molecule has 8 heteroatoms. The summed E-state index contributed by atoms with van der Waals surface area (Å²) in [5.74, 6) is -0.541. The van der Waals surface area contributed by atoms with Gasteiger partial charge in [0.2, 0.25) is 5.95 Å². The van der Waals surface area contributed by atoms with Crippen LogP contribution in [0.15, 0.2) is 82.8 Å². The van der Waals surface area contributed by atoms with Gasteiger partial charge < -0.3 is 15.0 Å². The molecule has 1 heterocycles. The van der Waals surface area contributed by atoms with E-state index in [1.54, 1.807) is 42.2 Å². The molecule has 0 saturated heterocycles. The number of ether oxygens (including phenoxy) is 1. The number of rotatable bonds is 8. The fourth-order valence-electron chi connectivity index (χ4n) is 2.41. The fourth-order valence-corrected chi connectivity index (χ4v) is 3.33. The van der Waals surface area contributed by atoms with E-state index < -0.39 is 11.9 Å². The number of esters is 1. The van der Waals surface area contributed by atoms with Crippen LogP contribution in [0, 0.1) is 0 Å². The molecule has 0 radical (unpaired) electrons. The molecule has 1 amide bonds. The maximum Gasteiger partial charge on any atom is 0.326 e. The third-order valence-electron chi connectivity index (χ3n) is 3.76. The van der Waals surface area contributed by atoms with E-state index in [-0.39, 0.29) is 13.2 Å². The van der Waals surface area contributed by atoms with Crippen LogP contribution >= 0.6 is 11.8 Å². The predicted octanol–water partition coefficient (Wildman–Crippen LogP) is 3.25. The second-order valence-corrected chi connectivity index (χ2v) is 7.14. The molecule has 0 atom stereocenters. The van der Waals surface area contributed by atoms with Crippen LogP contribution in [0.4, 0.5) is 11.6 Å². The molecule has 3 aromatic rings. The number of carbonyl (C=O) groups excluding carboxylic acids is 2. The van der Waals surface area contributed by atoms with E-state index in [0.29, 0.717) is 11.6 Å².